The van der Waals surface area contributed by atoms with Crippen LogP contribution in [-0.4, -0.2) is 25.9 Å². The number of aryl methyl sites for hydroxylation is 1. The standard InChI is InChI=1S/C24H19N5O/c1-16-7-5-6-10-20(16)23-21(15-29(28-23)19-8-3-2-4-9-19)24(30)26-18-11-12-22-17(13-18)14-25-27-22/h2-15H,1H3,(H,25,27)(H,26,30). The summed E-state index contributed by atoms with van der Waals surface area (Å²) in [5.74, 6) is -0.210. The highest BCUT2D eigenvalue weighted by molar-refractivity contribution is 6.08. The molecule has 0 spiro atoms. The Labute approximate surface area is 173 Å². The second-order valence-electron chi connectivity index (χ2n) is 7.11. The van der Waals surface area contributed by atoms with Gasteiger partial charge in [0.2, 0.25) is 0 Å². The third kappa shape index (κ3) is 3.24. The number of rotatable bonds is 4. The smallest absolute Gasteiger partial charge is 0.259 e. The number of aromatic amines is 1. The van der Waals surface area contributed by atoms with Crippen molar-refractivity contribution in [1.82, 2.24) is 20.0 Å². The number of aromatic nitrogens is 4. The van der Waals surface area contributed by atoms with Gasteiger partial charge in [0.1, 0.15) is 5.69 Å². The molecule has 146 valence electrons. The normalized spacial score (nSPS) is 11.0. The molecule has 6 heteroatoms. The zero-order chi connectivity index (χ0) is 20.5. The molecule has 0 saturated carbocycles. The predicted octanol–water partition coefficient (Wildman–Crippen LogP) is 4.98. The fraction of sp³-hybridized carbons (Fsp3) is 0.0417. The third-order valence-corrected chi connectivity index (χ3v) is 5.08. The lowest BCUT2D eigenvalue weighted by Gasteiger charge is -2.07. The van der Waals surface area contributed by atoms with Crippen LogP contribution in [-0.2, 0) is 0 Å². The fourth-order valence-electron chi connectivity index (χ4n) is 3.51. The van der Waals surface area contributed by atoms with Crippen LogP contribution in [0.15, 0.2) is 85.2 Å². The van der Waals surface area contributed by atoms with Crippen molar-refractivity contribution >= 4 is 22.5 Å². The molecule has 5 rings (SSSR count). The summed E-state index contributed by atoms with van der Waals surface area (Å²) in [4.78, 5) is 13.3. The van der Waals surface area contributed by atoms with Gasteiger partial charge in [-0.25, -0.2) is 4.68 Å². The number of para-hydroxylation sites is 1. The average molecular weight is 393 g/mol. The third-order valence-electron chi connectivity index (χ3n) is 5.08. The maximum Gasteiger partial charge on any atom is 0.259 e. The number of benzene rings is 3. The number of H-pyrrole nitrogens is 1. The Balaban J connectivity index is 1.57. The van der Waals surface area contributed by atoms with Crippen LogP contribution in [0.5, 0.6) is 0 Å². The van der Waals surface area contributed by atoms with Gasteiger partial charge in [0.15, 0.2) is 0 Å². The van der Waals surface area contributed by atoms with Crippen molar-refractivity contribution in [3.63, 3.8) is 0 Å². The Kier molecular flexibility index (Phi) is 4.37. The van der Waals surface area contributed by atoms with Crippen molar-refractivity contribution in [1.29, 1.82) is 0 Å². The van der Waals surface area contributed by atoms with Crippen LogP contribution in [0.3, 0.4) is 0 Å². The Morgan fingerprint density at radius 2 is 1.80 bits per heavy atom. The highest BCUT2D eigenvalue weighted by atomic mass is 16.1. The molecule has 2 N–H and O–H groups in total. The van der Waals surface area contributed by atoms with Gasteiger partial charge in [0, 0.05) is 22.8 Å². The first kappa shape index (κ1) is 17.9. The number of hydrogen-bond acceptors (Lipinski definition) is 3. The highest BCUT2D eigenvalue weighted by Gasteiger charge is 2.20. The first-order chi connectivity index (χ1) is 14.7. The Bertz CT molecular complexity index is 1350. The molecule has 1 amide bonds. The Hall–Kier alpha value is -4.19. The van der Waals surface area contributed by atoms with Crippen LogP contribution in [0.1, 0.15) is 15.9 Å². The first-order valence-electron chi connectivity index (χ1n) is 9.64. The molecule has 0 fully saturated rings. The van der Waals surface area contributed by atoms with Crippen LogP contribution < -0.4 is 5.32 Å². The Morgan fingerprint density at radius 1 is 1.00 bits per heavy atom. The number of nitrogens with zero attached hydrogens (tertiary/aromatic N) is 3. The van der Waals surface area contributed by atoms with Crippen LogP contribution >= 0.6 is 0 Å². The quantitative estimate of drug-likeness (QED) is 0.452. The molecule has 0 bridgehead atoms. The predicted molar refractivity (Wildman–Crippen MR) is 118 cm³/mol. The average Bonchev–Trinajstić information content (AvgIpc) is 3.42. The zero-order valence-corrected chi connectivity index (χ0v) is 16.3. The van der Waals surface area contributed by atoms with Gasteiger partial charge in [-0.15, -0.1) is 0 Å². The molecule has 30 heavy (non-hydrogen) atoms. The lowest BCUT2D eigenvalue weighted by molar-refractivity contribution is 0.102. The van der Waals surface area contributed by atoms with E-state index in [0.717, 1.165) is 27.7 Å². The van der Waals surface area contributed by atoms with E-state index in [0.29, 0.717) is 16.9 Å². The van der Waals surface area contributed by atoms with Gasteiger partial charge in [0.05, 0.1) is 23.0 Å². The molecule has 2 heterocycles. The molecule has 6 nitrogen and oxygen atoms in total. The van der Waals surface area contributed by atoms with E-state index in [4.69, 9.17) is 5.10 Å². The van der Waals surface area contributed by atoms with Crippen LogP contribution in [0.2, 0.25) is 0 Å². The lowest BCUT2D eigenvalue weighted by atomic mass is 10.0. The van der Waals surface area contributed by atoms with Gasteiger partial charge < -0.3 is 5.32 Å². The number of carbonyl (C=O) groups is 1. The number of hydrogen-bond donors (Lipinski definition) is 2. The first-order valence-corrected chi connectivity index (χ1v) is 9.64. The molecule has 5 aromatic rings. The molecule has 0 radical (unpaired) electrons. The lowest BCUT2D eigenvalue weighted by Crippen LogP contribution is -2.12. The highest BCUT2D eigenvalue weighted by Crippen LogP contribution is 2.27. The van der Waals surface area contributed by atoms with Gasteiger partial charge in [-0.2, -0.15) is 10.2 Å². The van der Waals surface area contributed by atoms with Gasteiger partial charge in [0.25, 0.3) is 5.91 Å². The molecule has 0 aliphatic heterocycles. The number of anilines is 1. The van der Waals surface area contributed by atoms with Crippen LogP contribution in [0, 0.1) is 6.92 Å². The van der Waals surface area contributed by atoms with E-state index >= 15 is 0 Å². The van der Waals surface area contributed by atoms with Gasteiger partial charge in [-0.1, -0.05) is 42.5 Å². The van der Waals surface area contributed by atoms with Crippen molar-refractivity contribution in [2.75, 3.05) is 5.32 Å². The van der Waals surface area contributed by atoms with Crippen LogP contribution in [0.25, 0.3) is 27.8 Å². The maximum atomic E-state index is 13.3. The molecule has 0 aliphatic carbocycles. The maximum absolute atomic E-state index is 13.3. The second kappa shape index (κ2) is 7.33. The number of fused-ring (bicyclic) bond motifs is 1. The van der Waals surface area contributed by atoms with E-state index < -0.39 is 0 Å². The van der Waals surface area contributed by atoms with Crippen LogP contribution in [0.4, 0.5) is 5.69 Å². The number of nitrogens with one attached hydrogen (secondary N) is 2. The summed E-state index contributed by atoms with van der Waals surface area (Å²) in [5, 5.41) is 15.6. The molecule has 2 aromatic heterocycles. The van der Waals surface area contributed by atoms with Crippen molar-refractivity contribution in [2.24, 2.45) is 0 Å². The minimum atomic E-state index is -0.210. The van der Waals surface area contributed by atoms with Gasteiger partial charge in [-0.3, -0.25) is 9.89 Å². The molecule has 0 saturated heterocycles. The molecule has 0 unspecified atom stereocenters. The molecule has 0 aliphatic rings. The Morgan fingerprint density at radius 3 is 2.63 bits per heavy atom. The molecule has 3 aromatic carbocycles. The summed E-state index contributed by atoms with van der Waals surface area (Å²) in [7, 11) is 0. The van der Waals surface area contributed by atoms with E-state index in [1.54, 1.807) is 17.1 Å². The molecule has 0 atom stereocenters. The minimum absolute atomic E-state index is 0.210. The van der Waals surface area contributed by atoms with Crippen molar-refractivity contribution in [3.8, 4) is 16.9 Å². The zero-order valence-electron chi connectivity index (χ0n) is 16.3. The number of amides is 1. The van der Waals surface area contributed by atoms with E-state index in [1.807, 2.05) is 79.7 Å². The van der Waals surface area contributed by atoms with E-state index in [-0.39, 0.29) is 5.91 Å². The minimum Gasteiger partial charge on any atom is -0.322 e. The summed E-state index contributed by atoms with van der Waals surface area (Å²) in [6.07, 6.45) is 3.51. The summed E-state index contributed by atoms with van der Waals surface area (Å²) < 4.78 is 1.75. The molecular formula is C24H19N5O. The van der Waals surface area contributed by atoms with Crippen molar-refractivity contribution in [2.45, 2.75) is 6.92 Å². The van der Waals surface area contributed by atoms with E-state index in [1.165, 1.54) is 0 Å². The SMILES string of the molecule is Cc1ccccc1-c1nn(-c2ccccc2)cc1C(=O)Nc1ccc2[nH]ncc2c1. The topological polar surface area (TPSA) is 75.6 Å². The largest absolute Gasteiger partial charge is 0.322 e. The summed E-state index contributed by atoms with van der Waals surface area (Å²) in [6, 6.07) is 23.4. The summed E-state index contributed by atoms with van der Waals surface area (Å²) in [6.45, 7) is 2.02. The van der Waals surface area contributed by atoms with Crippen molar-refractivity contribution < 1.29 is 4.79 Å². The second-order valence-corrected chi connectivity index (χ2v) is 7.11. The van der Waals surface area contributed by atoms with Gasteiger partial charge >= 0.3 is 0 Å². The van der Waals surface area contributed by atoms with E-state index in [2.05, 4.69) is 15.5 Å². The number of carbonyl (C=O) groups excluding carboxylic acids is 1. The summed E-state index contributed by atoms with van der Waals surface area (Å²) >= 11 is 0. The monoisotopic (exact) mass is 393 g/mol. The molecular weight excluding hydrogens is 374 g/mol. The van der Waals surface area contributed by atoms with Gasteiger partial charge in [-0.05, 0) is 42.8 Å². The summed E-state index contributed by atoms with van der Waals surface area (Å²) in [5.41, 5.74) is 5.68. The van der Waals surface area contributed by atoms with Crippen molar-refractivity contribution in [3.05, 3.63) is 96.3 Å². The van der Waals surface area contributed by atoms with E-state index in [9.17, 15) is 4.79 Å². The fourth-order valence-corrected chi connectivity index (χ4v) is 3.51.